The molecule has 1 aromatic carbocycles. The van der Waals surface area contributed by atoms with E-state index in [-0.39, 0.29) is 11.7 Å². The molecule has 0 amide bonds. The van der Waals surface area contributed by atoms with Crippen molar-refractivity contribution in [2.24, 2.45) is 5.92 Å². The predicted molar refractivity (Wildman–Crippen MR) is 75.1 cm³/mol. The minimum absolute atomic E-state index is 0.0615. The number of rotatable bonds is 4. The minimum Gasteiger partial charge on any atom is -0.385 e. The van der Waals surface area contributed by atoms with Gasteiger partial charge in [-0.1, -0.05) is 43.5 Å². The van der Waals surface area contributed by atoms with Crippen molar-refractivity contribution >= 4 is 5.78 Å². The van der Waals surface area contributed by atoms with Gasteiger partial charge in [0.1, 0.15) is 6.10 Å². The maximum Gasteiger partial charge on any atom is 0.162 e. The summed E-state index contributed by atoms with van der Waals surface area (Å²) in [6.45, 7) is 0. The standard InChI is InChI=1S/C17H22O2/c18-16(17(19)12-6-2-1-3-7-12)11-14-10-13-8-4-5-9-15(13)14/h4-5,8-9,12,14,17,19H,1-3,6-7,10-11H2. The number of hydrogen-bond donors (Lipinski definition) is 1. The second kappa shape index (κ2) is 5.46. The van der Waals surface area contributed by atoms with Gasteiger partial charge >= 0.3 is 0 Å². The summed E-state index contributed by atoms with van der Waals surface area (Å²) in [5.41, 5.74) is 2.68. The zero-order chi connectivity index (χ0) is 13.2. The van der Waals surface area contributed by atoms with E-state index in [4.69, 9.17) is 0 Å². The molecule has 2 aliphatic rings. The number of carbonyl (C=O) groups is 1. The Kier molecular flexibility index (Phi) is 3.69. The molecule has 2 aliphatic carbocycles. The van der Waals surface area contributed by atoms with Gasteiger partial charge in [0.15, 0.2) is 5.78 Å². The second-order valence-corrected chi connectivity index (χ2v) is 6.11. The SMILES string of the molecule is O=C(CC1Cc2ccccc21)C(O)C1CCCCC1. The van der Waals surface area contributed by atoms with Crippen molar-refractivity contribution < 1.29 is 9.90 Å². The van der Waals surface area contributed by atoms with Gasteiger partial charge in [-0.2, -0.15) is 0 Å². The molecule has 1 fully saturated rings. The molecule has 0 saturated heterocycles. The van der Waals surface area contributed by atoms with Crippen LogP contribution in [-0.4, -0.2) is 17.0 Å². The minimum atomic E-state index is -0.715. The fourth-order valence-electron chi connectivity index (χ4n) is 3.62. The lowest BCUT2D eigenvalue weighted by Crippen LogP contribution is -2.33. The monoisotopic (exact) mass is 258 g/mol. The Balaban J connectivity index is 1.57. The molecule has 0 heterocycles. The summed E-state index contributed by atoms with van der Waals surface area (Å²) in [6.07, 6.45) is 6.44. The van der Waals surface area contributed by atoms with Crippen LogP contribution in [0.25, 0.3) is 0 Å². The average Bonchev–Trinajstić information content (AvgIpc) is 2.44. The Morgan fingerprint density at radius 2 is 1.95 bits per heavy atom. The number of benzene rings is 1. The van der Waals surface area contributed by atoms with Crippen LogP contribution in [0.15, 0.2) is 24.3 Å². The first-order valence-electron chi connectivity index (χ1n) is 7.54. The van der Waals surface area contributed by atoms with Crippen LogP contribution in [0.2, 0.25) is 0 Å². The largest absolute Gasteiger partial charge is 0.385 e. The van der Waals surface area contributed by atoms with Crippen molar-refractivity contribution in [3.63, 3.8) is 0 Å². The quantitative estimate of drug-likeness (QED) is 0.900. The number of Topliss-reactive ketones (excluding diaryl/α,β-unsaturated/α-hetero) is 1. The Morgan fingerprint density at radius 1 is 1.21 bits per heavy atom. The highest BCUT2D eigenvalue weighted by molar-refractivity contribution is 5.84. The number of carbonyl (C=O) groups excluding carboxylic acids is 1. The number of fused-ring (bicyclic) bond motifs is 1. The molecule has 2 unspecified atom stereocenters. The summed E-state index contributed by atoms with van der Waals surface area (Å²) in [6, 6.07) is 8.33. The van der Waals surface area contributed by atoms with Crippen LogP contribution in [0.5, 0.6) is 0 Å². The van der Waals surface area contributed by atoms with Gasteiger partial charge in [-0.3, -0.25) is 4.79 Å². The molecule has 2 nitrogen and oxygen atoms in total. The first-order valence-corrected chi connectivity index (χ1v) is 7.54. The average molecular weight is 258 g/mol. The van der Waals surface area contributed by atoms with E-state index >= 15 is 0 Å². The molecule has 19 heavy (non-hydrogen) atoms. The van der Waals surface area contributed by atoms with Crippen LogP contribution in [0, 0.1) is 5.92 Å². The fraction of sp³-hybridized carbons (Fsp3) is 0.588. The van der Waals surface area contributed by atoms with Gasteiger partial charge in [0.05, 0.1) is 0 Å². The Labute approximate surface area is 114 Å². The van der Waals surface area contributed by atoms with Crippen LogP contribution in [0.3, 0.4) is 0 Å². The lowest BCUT2D eigenvalue weighted by Gasteiger charge is -2.32. The lowest BCUT2D eigenvalue weighted by molar-refractivity contribution is -0.131. The molecular weight excluding hydrogens is 236 g/mol. The van der Waals surface area contributed by atoms with Gasteiger partial charge in [-0.25, -0.2) is 0 Å². The molecule has 1 aromatic rings. The number of aliphatic hydroxyl groups excluding tert-OH is 1. The highest BCUT2D eigenvalue weighted by Crippen LogP contribution is 2.38. The van der Waals surface area contributed by atoms with Gasteiger partial charge < -0.3 is 5.11 Å². The Hall–Kier alpha value is -1.15. The van der Waals surface area contributed by atoms with Crippen LogP contribution < -0.4 is 0 Å². The maximum atomic E-state index is 12.2. The third kappa shape index (κ3) is 2.59. The van der Waals surface area contributed by atoms with Crippen molar-refractivity contribution in [2.45, 2.75) is 57.0 Å². The molecule has 1 N–H and O–H groups in total. The van der Waals surface area contributed by atoms with Crippen molar-refractivity contribution in [3.8, 4) is 0 Å². The normalized spacial score (nSPS) is 24.4. The zero-order valence-corrected chi connectivity index (χ0v) is 11.3. The van der Waals surface area contributed by atoms with Crippen molar-refractivity contribution in [1.29, 1.82) is 0 Å². The number of ketones is 1. The molecule has 0 aromatic heterocycles. The molecular formula is C17H22O2. The molecule has 2 atom stereocenters. The maximum absolute atomic E-state index is 12.2. The molecule has 0 spiro atoms. The van der Waals surface area contributed by atoms with Gasteiger partial charge in [-0.05, 0) is 42.2 Å². The second-order valence-electron chi connectivity index (χ2n) is 6.11. The van der Waals surface area contributed by atoms with Crippen LogP contribution >= 0.6 is 0 Å². The highest BCUT2D eigenvalue weighted by atomic mass is 16.3. The van der Waals surface area contributed by atoms with Crippen LogP contribution in [0.1, 0.15) is 55.6 Å². The van der Waals surface area contributed by atoms with Gasteiger partial charge in [-0.15, -0.1) is 0 Å². The van der Waals surface area contributed by atoms with Gasteiger partial charge in [0.2, 0.25) is 0 Å². The van der Waals surface area contributed by atoms with E-state index < -0.39 is 6.10 Å². The summed E-state index contributed by atoms with van der Waals surface area (Å²) in [5.74, 6) is 0.630. The first-order chi connectivity index (χ1) is 9.25. The van der Waals surface area contributed by atoms with Crippen LogP contribution in [-0.2, 0) is 11.2 Å². The first kappa shape index (κ1) is 12.9. The smallest absolute Gasteiger partial charge is 0.162 e. The number of hydrogen-bond acceptors (Lipinski definition) is 2. The fourth-order valence-corrected chi connectivity index (χ4v) is 3.62. The van der Waals surface area contributed by atoms with E-state index in [1.165, 1.54) is 30.4 Å². The Morgan fingerprint density at radius 3 is 2.68 bits per heavy atom. The summed E-state index contributed by atoms with van der Waals surface area (Å²) in [4.78, 5) is 12.2. The molecule has 3 rings (SSSR count). The van der Waals surface area contributed by atoms with Crippen LogP contribution in [0.4, 0.5) is 0 Å². The molecule has 1 saturated carbocycles. The molecule has 102 valence electrons. The third-order valence-corrected chi connectivity index (χ3v) is 4.84. The molecule has 0 radical (unpaired) electrons. The van der Waals surface area contributed by atoms with E-state index in [1.807, 2.05) is 12.1 Å². The summed E-state index contributed by atoms with van der Waals surface area (Å²) in [7, 11) is 0. The van der Waals surface area contributed by atoms with E-state index in [0.717, 1.165) is 19.3 Å². The van der Waals surface area contributed by atoms with E-state index in [1.54, 1.807) is 0 Å². The number of aliphatic hydroxyl groups is 1. The van der Waals surface area contributed by atoms with Gasteiger partial charge in [0.25, 0.3) is 0 Å². The zero-order valence-electron chi connectivity index (χ0n) is 11.3. The Bertz CT molecular complexity index is 460. The van der Waals surface area contributed by atoms with E-state index in [0.29, 0.717) is 12.3 Å². The van der Waals surface area contributed by atoms with Crippen molar-refractivity contribution in [3.05, 3.63) is 35.4 Å². The van der Waals surface area contributed by atoms with Gasteiger partial charge in [0, 0.05) is 6.42 Å². The summed E-state index contributed by atoms with van der Waals surface area (Å²) >= 11 is 0. The molecule has 0 aliphatic heterocycles. The highest BCUT2D eigenvalue weighted by Gasteiger charge is 2.32. The predicted octanol–water partition coefficient (Wildman–Crippen LogP) is 3.23. The molecule has 2 heteroatoms. The van der Waals surface area contributed by atoms with Crippen molar-refractivity contribution in [2.75, 3.05) is 0 Å². The lowest BCUT2D eigenvalue weighted by atomic mass is 9.73. The third-order valence-electron chi connectivity index (χ3n) is 4.84. The molecule has 0 bridgehead atoms. The summed E-state index contributed by atoms with van der Waals surface area (Å²) in [5, 5.41) is 10.2. The van der Waals surface area contributed by atoms with Crippen molar-refractivity contribution in [1.82, 2.24) is 0 Å². The van der Waals surface area contributed by atoms with E-state index in [2.05, 4.69) is 12.1 Å². The topological polar surface area (TPSA) is 37.3 Å². The van der Waals surface area contributed by atoms with E-state index in [9.17, 15) is 9.90 Å². The summed E-state index contributed by atoms with van der Waals surface area (Å²) < 4.78 is 0.